The fraction of sp³-hybridized carbons (Fsp3) is 0.300. The van der Waals surface area contributed by atoms with Gasteiger partial charge in [0.05, 0.1) is 34.0 Å². The van der Waals surface area contributed by atoms with Gasteiger partial charge in [-0.25, -0.2) is 4.79 Å². The van der Waals surface area contributed by atoms with Crippen LogP contribution in [-0.2, 0) is 9.53 Å². The fourth-order valence-corrected chi connectivity index (χ4v) is 2.43. The summed E-state index contributed by atoms with van der Waals surface area (Å²) in [6.07, 6.45) is -1.03. The van der Waals surface area contributed by atoms with Crippen molar-refractivity contribution < 1.29 is 33.3 Å². The Balaban J connectivity index is 2.11. The molecule has 0 saturated heterocycles. The lowest BCUT2D eigenvalue weighted by Gasteiger charge is -2.16. The van der Waals surface area contributed by atoms with Gasteiger partial charge in [-0.15, -0.1) is 0 Å². The Morgan fingerprint density at radius 1 is 0.893 bits per heavy atom. The number of hydrogen-bond donors (Lipinski definition) is 1. The molecule has 2 rings (SSSR count). The molecule has 8 nitrogen and oxygen atoms in total. The second-order valence-electron chi connectivity index (χ2n) is 5.68. The predicted molar refractivity (Wildman–Crippen MR) is 103 cm³/mol. The first kappa shape index (κ1) is 20.9. The van der Waals surface area contributed by atoms with Gasteiger partial charge in [-0.2, -0.15) is 0 Å². The third kappa shape index (κ3) is 4.85. The molecule has 150 valence electrons. The summed E-state index contributed by atoms with van der Waals surface area (Å²) in [5, 5.41) is 2.67. The highest BCUT2D eigenvalue weighted by molar-refractivity contribution is 5.97. The minimum absolute atomic E-state index is 0.163. The topological polar surface area (TPSA) is 92.3 Å². The Morgan fingerprint density at radius 3 is 2.07 bits per heavy atom. The predicted octanol–water partition coefficient (Wildman–Crippen LogP) is 2.91. The minimum Gasteiger partial charge on any atom is -0.497 e. The number of anilines is 1. The molecule has 0 heterocycles. The average molecular weight is 389 g/mol. The maximum absolute atomic E-state index is 12.5. The van der Waals surface area contributed by atoms with Gasteiger partial charge in [0, 0.05) is 11.8 Å². The average Bonchev–Trinajstić information content (AvgIpc) is 2.72. The number of nitrogens with one attached hydrogen (secondary N) is 1. The van der Waals surface area contributed by atoms with Gasteiger partial charge in [-0.3, -0.25) is 4.79 Å². The Kier molecular flexibility index (Phi) is 7.08. The van der Waals surface area contributed by atoms with Crippen LogP contribution in [-0.4, -0.2) is 46.4 Å². The Morgan fingerprint density at radius 2 is 1.54 bits per heavy atom. The summed E-state index contributed by atoms with van der Waals surface area (Å²) in [6, 6.07) is 9.76. The number of rotatable bonds is 8. The fourth-order valence-electron chi connectivity index (χ4n) is 2.43. The summed E-state index contributed by atoms with van der Waals surface area (Å²) in [7, 11) is 5.87. The van der Waals surface area contributed by atoms with Crippen molar-refractivity contribution in [2.75, 3.05) is 33.8 Å². The summed E-state index contributed by atoms with van der Waals surface area (Å²) in [4.78, 5) is 24.8. The molecular weight excluding hydrogens is 366 g/mol. The molecule has 28 heavy (non-hydrogen) atoms. The zero-order valence-electron chi connectivity index (χ0n) is 16.4. The Bertz CT molecular complexity index is 825. The molecule has 0 aromatic heterocycles. The number of carbonyl (C=O) groups excluding carboxylic acids is 2. The van der Waals surface area contributed by atoms with E-state index >= 15 is 0 Å². The van der Waals surface area contributed by atoms with E-state index in [0.717, 1.165) is 0 Å². The van der Waals surface area contributed by atoms with Crippen molar-refractivity contribution in [1.29, 1.82) is 0 Å². The smallest absolute Gasteiger partial charge is 0.339 e. The van der Waals surface area contributed by atoms with Crippen molar-refractivity contribution in [3.63, 3.8) is 0 Å². The van der Waals surface area contributed by atoms with Crippen LogP contribution in [0.2, 0.25) is 0 Å². The number of methoxy groups -OCH3 is 4. The highest BCUT2D eigenvalue weighted by atomic mass is 16.6. The lowest BCUT2D eigenvalue weighted by Crippen LogP contribution is -2.30. The highest BCUT2D eigenvalue weighted by Gasteiger charge is 2.22. The summed E-state index contributed by atoms with van der Waals surface area (Å²) in [6.45, 7) is 1.48. The molecule has 0 aliphatic rings. The van der Waals surface area contributed by atoms with Crippen molar-refractivity contribution in [3.8, 4) is 23.0 Å². The first-order valence-corrected chi connectivity index (χ1v) is 8.39. The monoisotopic (exact) mass is 389 g/mol. The van der Waals surface area contributed by atoms with Crippen molar-refractivity contribution in [2.45, 2.75) is 13.0 Å². The second kappa shape index (κ2) is 9.50. The van der Waals surface area contributed by atoms with Gasteiger partial charge >= 0.3 is 5.97 Å². The zero-order valence-corrected chi connectivity index (χ0v) is 16.4. The molecule has 0 saturated carbocycles. The van der Waals surface area contributed by atoms with E-state index in [1.807, 2.05) is 0 Å². The minimum atomic E-state index is -1.03. The third-order valence-electron chi connectivity index (χ3n) is 3.89. The lowest BCUT2D eigenvalue weighted by molar-refractivity contribution is -0.123. The molecule has 2 aromatic rings. The molecule has 1 atom stereocenters. The van der Waals surface area contributed by atoms with Gasteiger partial charge in [0.2, 0.25) is 5.75 Å². The first-order chi connectivity index (χ1) is 13.4. The maximum atomic E-state index is 12.5. The molecule has 2 aromatic carbocycles. The van der Waals surface area contributed by atoms with Crippen LogP contribution >= 0.6 is 0 Å². The summed E-state index contributed by atoms with van der Waals surface area (Å²) < 4.78 is 26.0. The summed E-state index contributed by atoms with van der Waals surface area (Å²) in [5.74, 6) is 0.386. The maximum Gasteiger partial charge on any atom is 0.339 e. The molecule has 8 heteroatoms. The van der Waals surface area contributed by atoms with Crippen molar-refractivity contribution >= 4 is 17.6 Å². The van der Waals surface area contributed by atoms with Crippen LogP contribution < -0.4 is 24.3 Å². The molecule has 0 aliphatic carbocycles. The van der Waals surface area contributed by atoms with Crippen LogP contribution in [0.4, 0.5) is 5.69 Å². The van der Waals surface area contributed by atoms with E-state index in [4.69, 9.17) is 23.7 Å². The van der Waals surface area contributed by atoms with Crippen molar-refractivity contribution in [1.82, 2.24) is 0 Å². The first-order valence-electron chi connectivity index (χ1n) is 8.39. The molecule has 1 N–H and O–H groups in total. The summed E-state index contributed by atoms with van der Waals surface area (Å²) >= 11 is 0. The summed E-state index contributed by atoms with van der Waals surface area (Å²) in [5.41, 5.74) is 0.690. The third-order valence-corrected chi connectivity index (χ3v) is 3.89. The molecule has 0 radical (unpaired) electrons. The SMILES string of the molecule is COc1cccc(NC(=O)[C@H](C)OC(=O)c2cc(OC)c(OC)c(OC)c2)c1. The van der Waals surface area contributed by atoms with Crippen LogP contribution in [0.25, 0.3) is 0 Å². The molecule has 0 aliphatic heterocycles. The standard InChI is InChI=1S/C20H23NO7/c1-12(19(22)21-14-7-6-8-15(11-14)24-2)28-20(23)13-9-16(25-3)18(27-5)17(10-13)26-4/h6-12H,1-5H3,(H,21,22)/t12-/m0/s1. The van der Waals surface area contributed by atoms with Crippen LogP contribution in [0.3, 0.4) is 0 Å². The van der Waals surface area contributed by atoms with Gasteiger partial charge in [0.1, 0.15) is 5.75 Å². The number of benzene rings is 2. The van der Waals surface area contributed by atoms with Gasteiger partial charge in [-0.05, 0) is 31.2 Å². The van der Waals surface area contributed by atoms with Crippen LogP contribution in [0.1, 0.15) is 17.3 Å². The number of carbonyl (C=O) groups is 2. The van der Waals surface area contributed by atoms with Crippen LogP contribution in [0, 0.1) is 0 Å². The van der Waals surface area contributed by atoms with E-state index < -0.39 is 18.0 Å². The Labute approximate surface area is 163 Å². The van der Waals surface area contributed by atoms with Crippen molar-refractivity contribution in [3.05, 3.63) is 42.0 Å². The van der Waals surface area contributed by atoms with Crippen LogP contribution in [0.5, 0.6) is 23.0 Å². The lowest BCUT2D eigenvalue weighted by atomic mass is 10.2. The highest BCUT2D eigenvalue weighted by Crippen LogP contribution is 2.38. The second-order valence-corrected chi connectivity index (χ2v) is 5.68. The van der Waals surface area contributed by atoms with Crippen LogP contribution in [0.15, 0.2) is 36.4 Å². The van der Waals surface area contributed by atoms with E-state index in [1.165, 1.54) is 47.5 Å². The van der Waals surface area contributed by atoms with E-state index in [2.05, 4.69) is 5.32 Å². The quantitative estimate of drug-likeness (QED) is 0.694. The normalized spacial score (nSPS) is 11.2. The molecular formula is C20H23NO7. The van der Waals surface area contributed by atoms with Gasteiger partial charge < -0.3 is 29.0 Å². The van der Waals surface area contributed by atoms with Gasteiger partial charge in [0.25, 0.3) is 5.91 Å². The number of ether oxygens (including phenoxy) is 5. The number of amides is 1. The molecule has 1 amide bonds. The van der Waals surface area contributed by atoms with Gasteiger partial charge in [-0.1, -0.05) is 6.07 Å². The molecule has 0 unspecified atom stereocenters. The van der Waals surface area contributed by atoms with E-state index in [-0.39, 0.29) is 5.56 Å². The Hall–Kier alpha value is -3.42. The zero-order chi connectivity index (χ0) is 20.7. The number of hydrogen-bond acceptors (Lipinski definition) is 7. The van der Waals surface area contributed by atoms with E-state index in [1.54, 1.807) is 24.3 Å². The molecule has 0 spiro atoms. The van der Waals surface area contributed by atoms with Gasteiger partial charge in [0.15, 0.2) is 17.6 Å². The number of esters is 1. The molecule has 0 bridgehead atoms. The van der Waals surface area contributed by atoms with E-state index in [9.17, 15) is 9.59 Å². The molecule has 0 fully saturated rings. The van der Waals surface area contributed by atoms with E-state index in [0.29, 0.717) is 28.7 Å². The largest absolute Gasteiger partial charge is 0.497 e. The van der Waals surface area contributed by atoms with Crippen molar-refractivity contribution in [2.24, 2.45) is 0 Å².